The highest BCUT2D eigenvalue weighted by atomic mass is 32.1. The maximum atomic E-state index is 11.3. The third-order valence-electron chi connectivity index (χ3n) is 9.37. The Morgan fingerprint density at radius 1 is 0.550 bits per heavy atom. The summed E-state index contributed by atoms with van der Waals surface area (Å²) < 4.78 is 0. The van der Waals surface area contributed by atoms with Crippen LogP contribution in [0, 0.1) is 0 Å². The highest BCUT2D eigenvalue weighted by Gasteiger charge is 2.26. The predicted molar refractivity (Wildman–Crippen MR) is 252 cm³/mol. The van der Waals surface area contributed by atoms with Crippen molar-refractivity contribution in [3.63, 3.8) is 0 Å². The Morgan fingerprint density at radius 2 is 0.933 bits per heavy atom. The van der Waals surface area contributed by atoms with Crippen LogP contribution in [0.25, 0.3) is 0 Å². The summed E-state index contributed by atoms with van der Waals surface area (Å²) in [5, 5.41) is 51.4. The van der Waals surface area contributed by atoms with E-state index in [1.807, 2.05) is 65.8 Å². The van der Waals surface area contributed by atoms with Crippen LogP contribution in [0.1, 0.15) is 137 Å². The van der Waals surface area contributed by atoms with Crippen molar-refractivity contribution < 1.29 is 30.0 Å². The molecule has 0 bridgehead atoms. The largest absolute Gasteiger partial charge is 0.507 e. The average Bonchev–Trinajstić information content (AvgIpc) is 3.11. The number of aromatic carboxylic acids is 2. The summed E-state index contributed by atoms with van der Waals surface area (Å²) in [6, 6.07) is 20.1. The third-order valence-corrected chi connectivity index (χ3v) is 9.71. The highest BCUT2D eigenvalue weighted by molar-refractivity contribution is 7.80. The van der Waals surface area contributed by atoms with Gasteiger partial charge in [-0.25, -0.2) is 19.6 Å². The summed E-state index contributed by atoms with van der Waals surface area (Å²) in [6.45, 7) is 24.9. The van der Waals surface area contributed by atoms with E-state index in [-0.39, 0.29) is 54.5 Å². The van der Waals surface area contributed by atoms with Crippen molar-refractivity contribution in [1.29, 1.82) is 0 Å². The fourth-order valence-electron chi connectivity index (χ4n) is 5.78. The van der Waals surface area contributed by atoms with Crippen LogP contribution in [0.5, 0.6) is 11.5 Å². The Morgan fingerprint density at radius 3 is 1.27 bits per heavy atom. The van der Waals surface area contributed by atoms with Gasteiger partial charge in [0.05, 0.1) is 34.9 Å². The van der Waals surface area contributed by atoms with Crippen molar-refractivity contribution in [2.24, 2.45) is 21.7 Å². The average molecular weight is 855 g/mol. The van der Waals surface area contributed by atoms with Gasteiger partial charge in [0.1, 0.15) is 11.5 Å². The lowest BCUT2D eigenvalue weighted by molar-refractivity contribution is 0.0686. The van der Waals surface area contributed by atoms with Gasteiger partial charge in [0.25, 0.3) is 0 Å². The molecule has 0 aliphatic heterocycles. The van der Waals surface area contributed by atoms with Crippen molar-refractivity contribution >= 4 is 70.4 Å². The van der Waals surface area contributed by atoms with E-state index in [0.29, 0.717) is 22.5 Å². The Balaban J connectivity index is 0.000000320. The molecule has 4 aromatic rings. The van der Waals surface area contributed by atoms with Crippen molar-refractivity contribution in [2.45, 2.75) is 105 Å². The number of rotatable bonds is 8. The SMILES string of the molecule is CC(C)(C)c1cc(C=NN(C(N)=S)c2ccc(C(=O)O)cc2)c(O)c(C(C)(C)C)c1.CC(C)(C)c1cc(C=NN(C(N)=S)c2cccc(C(=O)O)c2)c(O)c(C(C)(C)C)c1. The summed E-state index contributed by atoms with van der Waals surface area (Å²) in [6.07, 6.45) is 3.01. The Bertz CT molecular complexity index is 2310. The van der Waals surface area contributed by atoms with Gasteiger partial charge in [-0.15, -0.1) is 0 Å². The molecule has 0 spiro atoms. The standard InChI is InChI=1S/2C23H29N3O3S/c1-22(2,3)16-11-15(19(27)18(12-16)23(4,5)6)13-25-26(21(24)30)17-9-7-14(8-10-17)20(28)29;1-22(2,3)16-10-15(19(27)18(12-16)23(4,5)6)13-25-26(21(24)30)17-9-7-8-14(11-17)20(28)29/h2*7-13,27H,1-6H3,(H2,24,30)(H,28,29). The zero-order valence-electron chi connectivity index (χ0n) is 36.4. The zero-order chi connectivity index (χ0) is 45.7. The monoisotopic (exact) mass is 854 g/mol. The minimum Gasteiger partial charge on any atom is -0.507 e. The van der Waals surface area contributed by atoms with Crippen LogP contribution in [-0.4, -0.2) is 55.0 Å². The topological polar surface area (TPSA) is 198 Å². The van der Waals surface area contributed by atoms with Crippen LogP contribution in [0.4, 0.5) is 11.4 Å². The van der Waals surface area contributed by atoms with Crippen LogP contribution in [0.15, 0.2) is 83.0 Å². The van der Waals surface area contributed by atoms with Gasteiger partial charge in [0, 0.05) is 22.3 Å². The van der Waals surface area contributed by atoms with E-state index in [1.165, 1.54) is 46.7 Å². The number of carboxylic acid groups (broad SMARTS) is 2. The van der Waals surface area contributed by atoms with Crippen molar-refractivity contribution in [3.8, 4) is 11.5 Å². The summed E-state index contributed by atoms with van der Waals surface area (Å²) in [5.74, 6) is -1.79. The number of nitrogens with two attached hydrogens (primary N) is 2. The molecule has 0 saturated carbocycles. The molecular weight excluding hydrogens is 797 g/mol. The maximum Gasteiger partial charge on any atom is 0.335 e. The van der Waals surface area contributed by atoms with E-state index in [2.05, 4.69) is 51.7 Å². The molecule has 4 rings (SSSR count). The third kappa shape index (κ3) is 12.6. The molecule has 320 valence electrons. The maximum absolute atomic E-state index is 11.3. The van der Waals surface area contributed by atoms with E-state index in [1.54, 1.807) is 24.3 Å². The first-order valence-electron chi connectivity index (χ1n) is 19.1. The van der Waals surface area contributed by atoms with Crippen LogP contribution >= 0.6 is 24.4 Å². The molecule has 0 aliphatic carbocycles. The van der Waals surface area contributed by atoms with Gasteiger partial charge in [-0.3, -0.25) is 0 Å². The number of nitrogens with zero attached hydrogens (tertiary/aromatic N) is 4. The lowest BCUT2D eigenvalue weighted by Crippen LogP contribution is -2.31. The second kappa shape index (κ2) is 18.6. The molecule has 8 N–H and O–H groups in total. The first kappa shape index (κ1) is 48.5. The second-order valence-electron chi connectivity index (χ2n) is 18.4. The molecule has 0 fully saturated rings. The summed E-state index contributed by atoms with van der Waals surface area (Å²) in [7, 11) is 0. The fourth-order valence-corrected chi connectivity index (χ4v) is 6.08. The first-order chi connectivity index (χ1) is 27.4. The number of carboxylic acids is 2. The molecule has 0 aromatic heterocycles. The number of thiocarbonyl (C=S) groups is 2. The molecule has 60 heavy (non-hydrogen) atoms. The number of hydrazone groups is 2. The van der Waals surface area contributed by atoms with Crippen LogP contribution in [0.3, 0.4) is 0 Å². The zero-order valence-corrected chi connectivity index (χ0v) is 38.1. The summed E-state index contributed by atoms with van der Waals surface area (Å²) >= 11 is 10.2. The highest BCUT2D eigenvalue weighted by Crippen LogP contribution is 2.38. The van der Waals surface area contributed by atoms with Crippen LogP contribution in [-0.2, 0) is 21.7 Å². The van der Waals surface area contributed by atoms with Gasteiger partial charge >= 0.3 is 11.9 Å². The van der Waals surface area contributed by atoms with E-state index in [9.17, 15) is 24.9 Å². The quantitative estimate of drug-likeness (QED) is 0.0558. The molecule has 12 nitrogen and oxygen atoms in total. The van der Waals surface area contributed by atoms with Crippen molar-refractivity contribution in [1.82, 2.24) is 0 Å². The number of anilines is 2. The Labute approximate surface area is 364 Å². The van der Waals surface area contributed by atoms with Crippen LogP contribution < -0.4 is 21.5 Å². The lowest BCUT2D eigenvalue weighted by Gasteiger charge is -2.27. The molecular formula is C46H58N6O6S2. The molecule has 0 heterocycles. The number of aromatic hydroxyl groups is 2. The molecule has 0 unspecified atom stereocenters. The van der Waals surface area contributed by atoms with Gasteiger partial charge in [-0.05, 0) is 112 Å². The normalized spacial score (nSPS) is 12.2. The lowest BCUT2D eigenvalue weighted by atomic mass is 9.79. The number of phenolic OH excluding ortho intramolecular Hbond substituents is 2. The summed E-state index contributed by atoms with van der Waals surface area (Å²) in [4.78, 5) is 22.3. The van der Waals surface area contributed by atoms with E-state index in [0.717, 1.165) is 22.3 Å². The van der Waals surface area contributed by atoms with E-state index < -0.39 is 11.9 Å². The molecule has 4 aromatic carbocycles. The molecule has 14 heteroatoms. The minimum atomic E-state index is -1.06. The second-order valence-corrected chi connectivity index (χ2v) is 19.3. The number of carbonyl (C=O) groups is 2. The predicted octanol–water partition coefficient (Wildman–Crippen LogP) is 9.54. The number of benzene rings is 4. The molecule has 0 amide bonds. The number of phenols is 2. The van der Waals surface area contributed by atoms with Gasteiger partial charge < -0.3 is 31.9 Å². The van der Waals surface area contributed by atoms with Gasteiger partial charge in [-0.1, -0.05) is 101 Å². The van der Waals surface area contributed by atoms with Gasteiger partial charge in [0.15, 0.2) is 10.2 Å². The van der Waals surface area contributed by atoms with Gasteiger partial charge in [0.2, 0.25) is 0 Å². The Kier molecular flexibility index (Phi) is 15.0. The first-order valence-corrected chi connectivity index (χ1v) is 19.9. The molecule has 0 atom stereocenters. The minimum absolute atomic E-state index is 0.00293. The fraction of sp³-hybridized carbons (Fsp3) is 0.348. The molecule has 0 aliphatic rings. The van der Waals surface area contributed by atoms with Crippen LogP contribution in [0.2, 0.25) is 0 Å². The Hall–Kier alpha value is -5.86. The summed E-state index contributed by atoms with van der Waals surface area (Å²) in [5.41, 5.74) is 16.9. The van der Waals surface area contributed by atoms with Crippen molar-refractivity contribution in [3.05, 3.63) is 117 Å². The van der Waals surface area contributed by atoms with Crippen molar-refractivity contribution in [2.75, 3.05) is 10.0 Å². The van der Waals surface area contributed by atoms with E-state index in [4.69, 9.17) is 41.0 Å². The molecule has 0 saturated heterocycles. The number of hydrogen-bond donors (Lipinski definition) is 6. The van der Waals surface area contributed by atoms with E-state index >= 15 is 0 Å². The number of hydrogen-bond acceptors (Lipinski definition) is 8. The molecule has 0 radical (unpaired) electrons. The smallest absolute Gasteiger partial charge is 0.335 e. The van der Waals surface area contributed by atoms with Gasteiger partial charge in [-0.2, -0.15) is 10.2 Å².